The maximum atomic E-state index is 6.25. The van der Waals surface area contributed by atoms with Gasteiger partial charge in [0.15, 0.2) is 0 Å². The van der Waals surface area contributed by atoms with Gasteiger partial charge in [-0.1, -0.05) is 18.5 Å². The van der Waals surface area contributed by atoms with Crippen LogP contribution in [-0.2, 0) is 6.42 Å². The molecule has 1 fully saturated rings. The first kappa shape index (κ1) is 16.7. The van der Waals surface area contributed by atoms with Crippen molar-refractivity contribution in [3.05, 3.63) is 29.0 Å². The zero-order valence-electron chi connectivity index (χ0n) is 13.3. The summed E-state index contributed by atoms with van der Waals surface area (Å²) in [6, 6.07) is 3.09. The summed E-state index contributed by atoms with van der Waals surface area (Å²) >= 11 is 6.25. The first-order valence-corrected chi connectivity index (χ1v) is 8.18. The lowest BCUT2D eigenvalue weighted by Gasteiger charge is -2.39. The third-order valence-corrected chi connectivity index (χ3v) is 4.69. The van der Waals surface area contributed by atoms with E-state index < -0.39 is 0 Å². The monoisotopic (exact) mass is 310 g/mol. The molecule has 0 spiro atoms. The van der Waals surface area contributed by atoms with Crippen LogP contribution in [0.25, 0.3) is 0 Å². The number of likely N-dealkylation sites (N-methyl/N-ethyl adjacent to an activating group) is 3. The third-order valence-electron chi connectivity index (χ3n) is 4.35. The van der Waals surface area contributed by atoms with Crippen molar-refractivity contribution in [1.29, 1.82) is 0 Å². The highest BCUT2D eigenvalue weighted by Gasteiger charge is 2.25. The molecule has 2 atom stereocenters. The number of piperazine rings is 1. The zero-order valence-corrected chi connectivity index (χ0v) is 14.1. The fourth-order valence-electron chi connectivity index (χ4n) is 3.05. The number of rotatable bonds is 6. The van der Waals surface area contributed by atoms with Gasteiger partial charge in [-0.25, -0.2) is 0 Å². The molecule has 1 aliphatic rings. The van der Waals surface area contributed by atoms with E-state index in [4.69, 9.17) is 11.6 Å². The van der Waals surface area contributed by atoms with Gasteiger partial charge in [0.2, 0.25) is 0 Å². The van der Waals surface area contributed by atoms with E-state index in [1.165, 1.54) is 5.56 Å². The van der Waals surface area contributed by atoms with Gasteiger partial charge < -0.3 is 15.1 Å². The Kier molecular flexibility index (Phi) is 6.42. The molecule has 2 heterocycles. The Morgan fingerprint density at radius 3 is 2.95 bits per heavy atom. The average Bonchev–Trinajstić information content (AvgIpc) is 2.45. The minimum Gasteiger partial charge on any atom is -0.314 e. The van der Waals surface area contributed by atoms with Crippen LogP contribution >= 0.6 is 11.6 Å². The SMILES string of the molecule is CCNC(Cc1ccncc1Cl)CC1CN(C)CCN1C. The second kappa shape index (κ2) is 8.08. The Labute approximate surface area is 133 Å². The number of hydrogen-bond acceptors (Lipinski definition) is 4. The van der Waals surface area contributed by atoms with Gasteiger partial charge in [-0.3, -0.25) is 4.98 Å². The van der Waals surface area contributed by atoms with Crippen LogP contribution in [0.3, 0.4) is 0 Å². The van der Waals surface area contributed by atoms with Gasteiger partial charge in [-0.05, 0) is 45.1 Å². The molecule has 4 nitrogen and oxygen atoms in total. The van der Waals surface area contributed by atoms with Crippen molar-refractivity contribution >= 4 is 11.6 Å². The van der Waals surface area contributed by atoms with Crippen LogP contribution in [0.1, 0.15) is 18.9 Å². The van der Waals surface area contributed by atoms with Crippen molar-refractivity contribution in [1.82, 2.24) is 20.1 Å². The lowest BCUT2D eigenvalue weighted by Crippen LogP contribution is -2.52. The Morgan fingerprint density at radius 2 is 2.24 bits per heavy atom. The van der Waals surface area contributed by atoms with E-state index >= 15 is 0 Å². The highest BCUT2D eigenvalue weighted by atomic mass is 35.5. The normalized spacial score (nSPS) is 22.4. The van der Waals surface area contributed by atoms with Gasteiger partial charge >= 0.3 is 0 Å². The number of halogens is 1. The smallest absolute Gasteiger partial charge is 0.0621 e. The molecule has 118 valence electrons. The molecular formula is C16H27ClN4. The molecule has 1 aliphatic heterocycles. The van der Waals surface area contributed by atoms with Crippen LogP contribution in [0, 0.1) is 0 Å². The number of pyridine rings is 1. The molecule has 0 saturated carbocycles. The van der Waals surface area contributed by atoms with Gasteiger partial charge in [0, 0.05) is 44.1 Å². The topological polar surface area (TPSA) is 31.4 Å². The quantitative estimate of drug-likeness (QED) is 0.869. The maximum absolute atomic E-state index is 6.25. The molecule has 2 rings (SSSR count). The molecule has 1 aromatic heterocycles. The number of nitrogens with zero attached hydrogens (tertiary/aromatic N) is 3. The summed E-state index contributed by atoms with van der Waals surface area (Å²) in [6.45, 7) is 6.60. The first-order valence-electron chi connectivity index (χ1n) is 7.80. The Morgan fingerprint density at radius 1 is 1.43 bits per heavy atom. The van der Waals surface area contributed by atoms with Crippen LogP contribution in [0.5, 0.6) is 0 Å². The molecular weight excluding hydrogens is 284 g/mol. The highest BCUT2D eigenvalue weighted by molar-refractivity contribution is 6.31. The van der Waals surface area contributed by atoms with Crippen molar-refractivity contribution in [2.75, 3.05) is 40.3 Å². The molecule has 0 amide bonds. The van der Waals surface area contributed by atoms with Crippen LogP contribution < -0.4 is 5.32 Å². The minimum atomic E-state index is 0.453. The molecule has 0 radical (unpaired) electrons. The van der Waals surface area contributed by atoms with E-state index in [0.29, 0.717) is 12.1 Å². The third kappa shape index (κ3) is 4.92. The van der Waals surface area contributed by atoms with Crippen molar-refractivity contribution in [2.45, 2.75) is 31.8 Å². The maximum Gasteiger partial charge on any atom is 0.0621 e. The van der Waals surface area contributed by atoms with Crippen molar-refractivity contribution in [3.63, 3.8) is 0 Å². The fourth-order valence-corrected chi connectivity index (χ4v) is 3.24. The van der Waals surface area contributed by atoms with E-state index in [9.17, 15) is 0 Å². The standard InChI is InChI=1S/C16H27ClN4/c1-4-19-14(9-13-5-6-18-11-16(13)17)10-15-12-20(2)7-8-21(15)3/h5-6,11,14-15,19H,4,7-10,12H2,1-3H3. The van der Waals surface area contributed by atoms with E-state index in [1.807, 2.05) is 12.3 Å². The zero-order chi connectivity index (χ0) is 15.2. The lowest BCUT2D eigenvalue weighted by atomic mass is 9.97. The van der Waals surface area contributed by atoms with Gasteiger partial charge in [0.25, 0.3) is 0 Å². The van der Waals surface area contributed by atoms with E-state index in [-0.39, 0.29) is 0 Å². The number of nitrogens with one attached hydrogen (secondary N) is 1. The summed E-state index contributed by atoms with van der Waals surface area (Å²) in [7, 11) is 4.45. The molecule has 5 heteroatoms. The summed E-state index contributed by atoms with van der Waals surface area (Å²) in [4.78, 5) is 8.98. The summed E-state index contributed by atoms with van der Waals surface area (Å²) < 4.78 is 0. The molecule has 0 bridgehead atoms. The van der Waals surface area contributed by atoms with Crippen LogP contribution in [0.4, 0.5) is 0 Å². The molecule has 1 saturated heterocycles. The lowest BCUT2D eigenvalue weighted by molar-refractivity contribution is 0.101. The summed E-state index contributed by atoms with van der Waals surface area (Å²) in [5.41, 5.74) is 1.18. The van der Waals surface area contributed by atoms with Crippen molar-refractivity contribution in [3.8, 4) is 0 Å². The largest absolute Gasteiger partial charge is 0.314 e. The van der Waals surface area contributed by atoms with E-state index in [1.54, 1.807) is 6.20 Å². The van der Waals surface area contributed by atoms with Crippen LogP contribution in [-0.4, -0.2) is 67.1 Å². The number of hydrogen-bond donors (Lipinski definition) is 1. The van der Waals surface area contributed by atoms with E-state index in [2.05, 4.69) is 41.1 Å². The van der Waals surface area contributed by atoms with Gasteiger partial charge in [0.1, 0.15) is 0 Å². The van der Waals surface area contributed by atoms with Crippen molar-refractivity contribution < 1.29 is 0 Å². The second-order valence-electron chi connectivity index (χ2n) is 6.06. The fraction of sp³-hybridized carbons (Fsp3) is 0.688. The van der Waals surface area contributed by atoms with Gasteiger partial charge in [-0.2, -0.15) is 0 Å². The predicted octanol–water partition coefficient (Wildman–Crippen LogP) is 1.89. The molecule has 0 aliphatic carbocycles. The van der Waals surface area contributed by atoms with E-state index in [0.717, 1.165) is 44.0 Å². The average molecular weight is 311 g/mol. The summed E-state index contributed by atoms with van der Waals surface area (Å²) in [5, 5.41) is 4.39. The summed E-state index contributed by atoms with van der Waals surface area (Å²) in [5.74, 6) is 0. The molecule has 0 aromatic carbocycles. The van der Waals surface area contributed by atoms with Crippen LogP contribution in [0.2, 0.25) is 5.02 Å². The molecule has 21 heavy (non-hydrogen) atoms. The highest BCUT2D eigenvalue weighted by Crippen LogP contribution is 2.19. The van der Waals surface area contributed by atoms with Crippen molar-refractivity contribution in [2.24, 2.45) is 0 Å². The van der Waals surface area contributed by atoms with Gasteiger partial charge in [0.05, 0.1) is 5.02 Å². The second-order valence-corrected chi connectivity index (χ2v) is 6.47. The number of aromatic nitrogens is 1. The Balaban J connectivity index is 2.00. The Bertz CT molecular complexity index is 440. The molecule has 2 unspecified atom stereocenters. The van der Waals surface area contributed by atoms with Gasteiger partial charge in [-0.15, -0.1) is 0 Å². The summed E-state index contributed by atoms with van der Waals surface area (Å²) in [6.07, 6.45) is 5.67. The first-order chi connectivity index (χ1) is 10.1. The predicted molar refractivity (Wildman–Crippen MR) is 88.9 cm³/mol. The Hall–Kier alpha value is -0.680. The minimum absolute atomic E-state index is 0.453. The molecule has 1 aromatic rings. The van der Waals surface area contributed by atoms with Crippen LogP contribution in [0.15, 0.2) is 18.5 Å². The molecule has 1 N–H and O–H groups in total.